The van der Waals surface area contributed by atoms with Gasteiger partial charge in [0, 0.05) is 36.8 Å². The lowest BCUT2D eigenvalue weighted by Crippen LogP contribution is -2.30. The smallest absolute Gasteiger partial charge is 0.411 e. The van der Waals surface area contributed by atoms with E-state index in [1.165, 1.54) is 4.90 Å². The van der Waals surface area contributed by atoms with Crippen LogP contribution in [0.1, 0.15) is 45.8 Å². The summed E-state index contributed by atoms with van der Waals surface area (Å²) >= 11 is 0. The van der Waals surface area contributed by atoms with Gasteiger partial charge in [-0.05, 0) is 59.7 Å². The van der Waals surface area contributed by atoms with Gasteiger partial charge in [-0.3, -0.25) is 10.1 Å². The Bertz CT molecular complexity index is 1330. The van der Waals surface area contributed by atoms with Crippen molar-refractivity contribution < 1.29 is 29.0 Å². The fourth-order valence-corrected chi connectivity index (χ4v) is 5.17. The number of fused-ring (bicyclic) bond motifs is 1. The Labute approximate surface area is 226 Å². The minimum absolute atomic E-state index is 0.0612. The standard InChI is InChI=1S/C30H31N3O6/c34-28-27-16-25(11-8-22(27)17-31-28)38-19-23-12-14-33(30(36)37)15-13-26(23)21-6-9-24(10-7-21)32-29(35)39-18-20-4-2-1-3-5-20/h1-11,16,23,26H,12-15,17-19H2,(H,31,34)(H,32,35)(H,36,37)/t23-,26-/m0/s1. The Morgan fingerprint density at radius 2 is 1.77 bits per heavy atom. The Morgan fingerprint density at radius 1 is 1.00 bits per heavy atom. The van der Waals surface area contributed by atoms with E-state index in [0.29, 0.717) is 56.1 Å². The molecule has 2 aliphatic heterocycles. The first-order valence-corrected chi connectivity index (χ1v) is 13.1. The van der Waals surface area contributed by atoms with Crippen LogP contribution in [0.15, 0.2) is 72.8 Å². The molecule has 3 N–H and O–H groups in total. The summed E-state index contributed by atoms with van der Waals surface area (Å²) in [6, 6.07) is 22.6. The maximum atomic E-state index is 12.2. The van der Waals surface area contributed by atoms with E-state index in [0.717, 1.165) is 16.7 Å². The first-order chi connectivity index (χ1) is 19.0. The molecule has 0 saturated carbocycles. The highest BCUT2D eigenvalue weighted by Gasteiger charge is 2.30. The highest BCUT2D eigenvalue weighted by atomic mass is 16.5. The molecule has 3 aromatic carbocycles. The lowest BCUT2D eigenvalue weighted by atomic mass is 9.83. The molecule has 3 amide bonds. The summed E-state index contributed by atoms with van der Waals surface area (Å²) in [6.07, 6.45) is -0.159. The fraction of sp³-hybridized carbons (Fsp3) is 0.300. The van der Waals surface area contributed by atoms with E-state index in [1.807, 2.05) is 66.7 Å². The van der Waals surface area contributed by atoms with Gasteiger partial charge in [-0.2, -0.15) is 0 Å². The first kappa shape index (κ1) is 26.1. The predicted molar refractivity (Wildman–Crippen MR) is 145 cm³/mol. The van der Waals surface area contributed by atoms with Crippen LogP contribution < -0.4 is 15.4 Å². The number of nitrogens with zero attached hydrogens (tertiary/aromatic N) is 1. The maximum Gasteiger partial charge on any atom is 0.411 e. The lowest BCUT2D eigenvalue weighted by Gasteiger charge is -2.25. The van der Waals surface area contributed by atoms with Crippen LogP contribution in [0.2, 0.25) is 0 Å². The van der Waals surface area contributed by atoms with Gasteiger partial charge in [-0.15, -0.1) is 0 Å². The van der Waals surface area contributed by atoms with Crippen LogP contribution in [-0.2, 0) is 17.9 Å². The molecule has 0 aromatic heterocycles. The summed E-state index contributed by atoms with van der Waals surface area (Å²) in [7, 11) is 0. The molecule has 2 heterocycles. The molecule has 0 unspecified atom stereocenters. The second kappa shape index (κ2) is 11.9. The van der Waals surface area contributed by atoms with Gasteiger partial charge in [0.1, 0.15) is 12.4 Å². The van der Waals surface area contributed by atoms with Crippen molar-refractivity contribution in [2.24, 2.45) is 5.92 Å². The number of anilines is 1. The third-order valence-electron chi connectivity index (χ3n) is 7.35. The Kier molecular flexibility index (Phi) is 7.96. The Morgan fingerprint density at radius 3 is 2.54 bits per heavy atom. The summed E-state index contributed by atoms with van der Waals surface area (Å²) in [5, 5.41) is 15.1. The zero-order valence-electron chi connectivity index (χ0n) is 21.5. The minimum atomic E-state index is -0.923. The summed E-state index contributed by atoms with van der Waals surface area (Å²) in [5.41, 5.74) is 4.15. The number of nitrogens with one attached hydrogen (secondary N) is 2. The summed E-state index contributed by atoms with van der Waals surface area (Å²) < 4.78 is 11.4. The van der Waals surface area contributed by atoms with Gasteiger partial charge in [-0.1, -0.05) is 48.5 Å². The Hall–Kier alpha value is -4.53. The van der Waals surface area contributed by atoms with E-state index in [9.17, 15) is 19.5 Å². The normalized spacial score (nSPS) is 18.5. The number of hydrogen-bond donors (Lipinski definition) is 3. The predicted octanol–water partition coefficient (Wildman–Crippen LogP) is 5.23. The van der Waals surface area contributed by atoms with Gasteiger partial charge >= 0.3 is 12.2 Å². The molecule has 2 atom stereocenters. The average molecular weight is 530 g/mol. The molecular weight excluding hydrogens is 498 g/mol. The van der Waals surface area contributed by atoms with Crippen LogP contribution in [0.5, 0.6) is 5.75 Å². The monoisotopic (exact) mass is 529 g/mol. The van der Waals surface area contributed by atoms with Gasteiger partial charge in [0.15, 0.2) is 0 Å². The molecule has 3 aromatic rings. The Balaban J connectivity index is 1.24. The molecule has 1 saturated heterocycles. The number of carboxylic acid groups (broad SMARTS) is 1. The molecule has 9 heteroatoms. The molecule has 39 heavy (non-hydrogen) atoms. The van der Waals surface area contributed by atoms with Crippen LogP contribution in [0, 0.1) is 5.92 Å². The third-order valence-corrected chi connectivity index (χ3v) is 7.35. The minimum Gasteiger partial charge on any atom is -0.493 e. The summed E-state index contributed by atoms with van der Waals surface area (Å²) in [4.78, 5) is 37.4. The highest BCUT2D eigenvalue weighted by Crippen LogP contribution is 2.35. The molecule has 2 aliphatic rings. The zero-order valence-corrected chi connectivity index (χ0v) is 21.5. The van der Waals surface area contributed by atoms with Crippen LogP contribution in [0.3, 0.4) is 0 Å². The maximum absolute atomic E-state index is 12.2. The lowest BCUT2D eigenvalue weighted by molar-refractivity contribution is 0.0965. The zero-order chi connectivity index (χ0) is 27.2. The quantitative estimate of drug-likeness (QED) is 0.386. The number of likely N-dealkylation sites (tertiary alicyclic amines) is 1. The number of amides is 3. The van der Waals surface area contributed by atoms with Gasteiger partial charge in [0.05, 0.1) is 6.61 Å². The van der Waals surface area contributed by atoms with Crippen LogP contribution in [0.25, 0.3) is 0 Å². The van der Waals surface area contributed by atoms with Crippen molar-refractivity contribution in [1.29, 1.82) is 0 Å². The molecular formula is C30H31N3O6. The number of rotatable bonds is 7. The highest BCUT2D eigenvalue weighted by molar-refractivity contribution is 5.98. The van der Waals surface area contributed by atoms with Crippen molar-refractivity contribution in [2.45, 2.75) is 31.9 Å². The van der Waals surface area contributed by atoms with Crippen molar-refractivity contribution in [1.82, 2.24) is 10.2 Å². The molecule has 0 spiro atoms. The topological polar surface area (TPSA) is 117 Å². The first-order valence-electron chi connectivity index (χ1n) is 13.1. The van der Waals surface area contributed by atoms with Gasteiger partial charge in [0.25, 0.3) is 5.91 Å². The molecule has 0 aliphatic carbocycles. The van der Waals surface area contributed by atoms with Crippen molar-refractivity contribution in [2.75, 3.05) is 25.0 Å². The summed E-state index contributed by atoms with van der Waals surface area (Å²) in [5.74, 6) is 0.646. The molecule has 0 radical (unpaired) electrons. The van der Waals surface area contributed by atoms with Crippen LogP contribution in [-0.4, -0.2) is 47.8 Å². The van der Waals surface area contributed by atoms with Crippen molar-refractivity contribution >= 4 is 23.8 Å². The number of hydrogen-bond acceptors (Lipinski definition) is 5. The number of benzene rings is 3. The van der Waals surface area contributed by atoms with E-state index in [1.54, 1.807) is 6.07 Å². The van der Waals surface area contributed by atoms with Crippen molar-refractivity contribution in [3.8, 4) is 5.75 Å². The van der Waals surface area contributed by atoms with E-state index < -0.39 is 12.2 Å². The number of carbonyl (C=O) groups excluding carboxylic acids is 2. The third kappa shape index (κ3) is 6.49. The molecule has 1 fully saturated rings. The molecule has 0 bridgehead atoms. The van der Waals surface area contributed by atoms with E-state index >= 15 is 0 Å². The molecule has 5 rings (SSSR count). The number of ether oxygens (including phenoxy) is 2. The number of carbonyl (C=O) groups is 3. The van der Waals surface area contributed by atoms with Crippen LogP contribution >= 0.6 is 0 Å². The molecule has 9 nitrogen and oxygen atoms in total. The largest absolute Gasteiger partial charge is 0.493 e. The van der Waals surface area contributed by atoms with E-state index in [4.69, 9.17) is 9.47 Å². The van der Waals surface area contributed by atoms with Crippen molar-refractivity contribution in [3.05, 3.63) is 95.1 Å². The average Bonchev–Trinajstić information content (AvgIpc) is 3.18. The van der Waals surface area contributed by atoms with Crippen molar-refractivity contribution in [3.63, 3.8) is 0 Å². The SMILES string of the molecule is O=C(Nc1ccc([C@@H]2CCN(C(=O)O)CC[C@H]2COc2ccc3c(c2)C(=O)NC3)cc1)OCc1ccccc1. The van der Waals surface area contributed by atoms with Gasteiger partial charge < -0.3 is 24.8 Å². The van der Waals surface area contributed by atoms with Crippen LogP contribution in [0.4, 0.5) is 15.3 Å². The summed E-state index contributed by atoms with van der Waals surface area (Å²) in [6.45, 7) is 1.97. The van der Waals surface area contributed by atoms with E-state index in [2.05, 4.69) is 10.6 Å². The van der Waals surface area contributed by atoms with Gasteiger partial charge in [0.2, 0.25) is 0 Å². The van der Waals surface area contributed by atoms with Gasteiger partial charge in [-0.25, -0.2) is 9.59 Å². The fourth-order valence-electron chi connectivity index (χ4n) is 5.17. The van der Waals surface area contributed by atoms with E-state index in [-0.39, 0.29) is 24.3 Å². The second-order valence-electron chi connectivity index (χ2n) is 9.83. The molecule has 202 valence electrons. The second-order valence-corrected chi connectivity index (χ2v) is 9.83.